The van der Waals surface area contributed by atoms with Crippen LogP contribution >= 0.6 is 0 Å². The fraction of sp³-hybridized carbons (Fsp3) is 0.769. The number of amides is 1. The van der Waals surface area contributed by atoms with Gasteiger partial charge in [-0.25, -0.2) is 4.79 Å². The van der Waals surface area contributed by atoms with Crippen molar-refractivity contribution in [1.29, 1.82) is 0 Å². The van der Waals surface area contributed by atoms with Crippen LogP contribution in [0.4, 0.5) is 4.79 Å². The van der Waals surface area contributed by atoms with E-state index in [0.717, 1.165) is 0 Å². The van der Waals surface area contributed by atoms with Crippen molar-refractivity contribution in [2.24, 2.45) is 11.8 Å². The zero-order chi connectivity index (χ0) is 13.5. The molecule has 1 aliphatic heterocycles. The highest BCUT2D eigenvalue weighted by molar-refractivity contribution is 5.97. The van der Waals surface area contributed by atoms with Gasteiger partial charge in [-0.05, 0) is 20.8 Å². The summed E-state index contributed by atoms with van der Waals surface area (Å²) in [5, 5.41) is 0. The van der Waals surface area contributed by atoms with Crippen LogP contribution in [-0.4, -0.2) is 41.3 Å². The molecule has 18 heavy (non-hydrogen) atoms. The molecule has 1 saturated heterocycles. The van der Waals surface area contributed by atoms with Crippen molar-refractivity contribution >= 4 is 17.7 Å². The van der Waals surface area contributed by atoms with Crippen molar-refractivity contribution in [1.82, 2.24) is 4.90 Å². The van der Waals surface area contributed by atoms with E-state index in [-0.39, 0.29) is 42.3 Å². The van der Waals surface area contributed by atoms with Crippen molar-refractivity contribution in [3.8, 4) is 0 Å². The zero-order valence-corrected chi connectivity index (χ0v) is 11.1. The number of hydrogen-bond acceptors (Lipinski definition) is 4. The van der Waals surface area contributed by atoms with Crippen LogP contribution in [0.2, 0.25) is 0 Å². The summed E-state index contributed by atoms with van der Waals surface area (Å²) in [7, 11) is 0. The molecule has 2 fully saturated rings. The molecule has 0 aromatic carbocycles. The molecule has 2 bridgehead atoms. The summed E-state index contributed by atoms with van der Waals surface area (Å²) in [5.41, 5.74) is -0.538. The summed E-state index contributed by atoms with van der Waals surface area (Å²) in [5.74, 6) is -0.377. The lowest BCUT2D eigenvalue weighted by Gasteiger charge is -2.39. The molecule has 1 aliphatic carbocycles. The second kappa shape index (κ2) is 4.37. The van der Waals surface area contributed by atoms with Crippen LogP contribution in [0.5, 0.6) is 0 Å². The number of piperidine rings is 1. The maximum Gasteiger partial charge on any atom is 0.410 e. The molecule has 5 heteroatoms. The predicted octanol–water partition coefficient (Wildman–Crippen LogP) is 1.40. The molecule has 2 rings (SSSR count). The van der Waals surface area contributed by atoms with Gasteiger partial charge >= 0.3 is 6.09 Å². The molecule has 0 aromatic heterocycles. The van der Waals surface area contributed by atoms with Gasteiger partial charge < -0.3 is 9.64 Å². The highest BCUT2D eigenvalue weighted by Gasteiger charge is 2.43. The number of Topliss-reactive ketones (excluding diaryl/α,β-unsaturated/α-hetero) is 2. The van der Waals surface area contributed by atoms with Gasteiger partial charge in [0, 0.05) is 37.8 Å². The maximum absolute atomic E-state index is 11.9. The fourth-order valence-electron chi connectivity index (χ4n) is 2.56. The first-order chi connectivity index (χ1) is 8.26. The Labute approximate surface area is 106 Å². The lowest BCUT2D eigenvalue weighted by molar-refractivity contribution is -0.141. The Morgan fingerprint density at radius 1 is 1.17 bits per heavy atom. The number of fused-ring (bicyclic) bond motifs is 2. The number of likely N-dealkylation sites (tertiary alicyclic amines) is 1. The van der Waals surface area contributed by atoms with Crippen LogP contribution in [0.3, 0.4) is 0 Å². The summed E-state index contributed by atoms with van der Waals surface area (Å²) in [6, 6.07) is 0. The quantitative estimate of drug-likeness (QED) is 0.654. The number of rotatable bonds is 0. The van der Waals surface area contributed by atoms with E-state index < -0.39 is 5.60 Å². The van der Waals surface area contributed by atoms with Crippen molar-refractivity contribution in [2.75, 3.05) is 13.1 Å². The molecule has 2 atom stereocenters. The van der Waals surface area contributed by atoms with Crippen molar-refractivity contribution in [3.63, 3.8) is 0 Å². The van der Waals surface area contributed by atoms with Crippen LogP contribution in [-0.2, 0) is 14.3 Å². The summed E-state index contributed by atoms with van der Waals surface area (Å²) >= 11 is 0. The molecule has 0 aromatic rings. The minimum atomic E-state index is -0.538. The van der Waals surface area contributed by atoms with E-state index in [1.807, 2.05) is 20.8 Å². The van der Waals surface area contributed by atoms with Crippen LogP contribution in [0.25, 0.3) is 0 Å². The second-order valence-corrected chi connectivity index (χ2v) is 6.13. The van der Waals surface area contributed by atoms with Gasteiger partial charge in [-0.3, -0.25) is 9.59 Å². The molecular formula is C13H19NO4. The predicted molar refractivity (Wildman–Crippen MR) is 64.0 cm³/mol. The average Bonchev–Trinajstić information content (AvgIpc) is 2.17. The molecule has 0 N–H and O–H groups in total. The summed E-state index contributed by atoms with van der Waals surface area (Å²) < 4.78 is 5.30. The average molecular weight is 253 g/mol. The molecule has 2 unspecified atom stereocenters. The molecule has 1 saturated carbocycles. The Balaban J connectivity index is 2.04. The highest BCUT2D eigenvalue weighted by Crippen LogP contribution is 2.30. The van der Waals surface area contributed by atoms with E-state index in [1.54, 1.807) is 4.90 Å². The van der Waals surface area contributed by atoms with Gasteiger partial charge in [0.1, 0.15) is 17.2 Å². The molecule has 0 spiro atoms. The van der Waals surface area contributed by atoms with E-state index in [9.17, 15) is 14.4 Å². The van der Waals surface area contributed by atoms with Crippen molar-refractivity contribution in [2.45, 2.75) is 39.2 Å². The van der Waals surface area contributed by atoms with Crippen LogP contribution in [0.15, 0.2) is 0 Å². The number of carbonyl (C=O) groups excluding carboxylic acids is 3. The highest BCUT2D eigenvalue weighted by atomic mass is 16.6. The van der Waals surface area contributed by atoms with Crippen LogP contribution in [0, 0.1) is 11.8 Å². The summed E-state index contributed by atoms with van der Waals surface area (Å²) in [6.07, 6.45) is 0.155. The Hall–Kier alpha value is -1.39. The van der Waals surface area contributed by atoms with E-state index in [1.165, 1.54) is 0 Å². The first kappa shape index (κ1) is 13.1. The number of hydrogen-bond donors (Lipinski definition) is 0. The van der Waals surface area contributed by atoms with Crippen LogP contribution in [0.1, 0.15) is 33.6 Å². The Morgan fingerprint density at radius 3 is 2.11 bits per heavy atom. The van der Waals surface area contributed by atoms with Gasteiger partial charge in [-0.15, -0.1) is 0 Å². The SMILES string of the molecule is CC(C)(C)OC(=O)N1CC2CC(=O)CC(C1)C2=O. The second-order valence-electron chi connectivity index (χ2n) is 6.13. The van der Waals surface area contributed by atoms with Gasteiger partial charge in [0.05, 0.1) is 0 Å². The molecule has 0 radical (unpaired) electrons. The third kappa shape index (κ3) is 2.71. The smallest absolute Gasteiger partial charge is 0.410 e. The number of ketones is 2. The molecule has 1 heterocycles. The monoisotopic (exact) mass is 253 g/mol. The summed E-state index contributed by atoms with van der Waals surface area (Å²) in [4.78, 5) is 36.8. The normalized spacial score (nSPS) is 28.3. The molecule has 1 amide bonds. The largest absolute Gasteiger partial charge is 0.444 e. The molecule has 100 valence electrons. The van der Waals surface area contributed by atoms with E-state index in [2.05, 4.69) is 0 Å². The Morgan fingerprint density at radius 2 is 1.67 bits per heavy atom. The van der Waals surface area contributed by atoms with Crippen molar-refractivity contribution in [3.05, 3.63) is 0 Å². The van der Waals surface area contributed by atoms with Gasteiger partial charge in [-0.2, -0.15) is 0 Å². The number of carbonyl (C=O) groups is 3. The first-order valence-electron chi connectivity index (χ1n) is 6.29. The summed E-state index contributed by atoms with van der Waals surface area (Å²) in [6.45, 7) is 6.06. The van der Waals surface area contributed by atoms with E-state index in [0.29, 0.717) is 13.1 Å². The van der Waals surface area contributed by atoms with E-state index >= 15 is 0 Å². The van der Waals surface area contributed by atoms with Crippen LogP contribution < -0.4 is 0 Å². The van der Waals surface area contributed by atoms with E-state index in [4.69, 9.17) is 4.74 Å². The molecule has 5 nitrogen and oxygen atoms in total. The minimum absolute atomic E-state index is 0.133. The third-order valence-corrected chi connectivity index (χ3v) is 3.29. The third-order valence-electron chi connectivity index (χ3n) is 3.29. The first-order valence-corrected chi connectivity index (χ1v) is 6.29. The minimum Gasteiger partial charge on any atom is -0.444 e. The molecule has 2 aliphatic rings. The lowest BCUT2D eigenvalue weighted by Crippen LogP contribution is -2.53. The van der Waals surface area contributed by atoms with Gasteiger partial charge in [-0.1, -0.05) is 0 Å². The standard InChI is InChI=1S/C13H19NO4/c1-13(2,3)18-12(17)14-6-8-4-10(15)5-9(7-14)11(8)16/h8-9H,4-7H2,1-3H3. The Bertz CT molecular complexity index is 376. The Kier molecular flexibility index (Phi) is 3.17. The fourth-order valence-corrected chi connectivity index (χ4v) is 2.56. The maximum atomic E-state index is 11.9. The zero-order valence-electron chi connectivity index (χ0n) is 11.1. The lowest BCUT2D eigenvalue weighted by atomic mass is 9.76. The van der Waals surface area contributed by atoms with Gasteiger partial charge in [0.2, 0.25) is 0 Å². The number of ether oxygens (including phenoxy) is 1. The topological polar surface area (TPSA) is 63.7 Å². The van der Waals surface area contributed by atoms with Gasteiger partial charge in [0.15, 0.2) is 0 Å². The number of nitrogens with zero attached hydrogens (tertiary/aromatic N) is 1. The van der Waals surface area contributed by atoms with Gasteiger partial charge in [0.25, 0.3) is 0 Å². The van der Waals surface area contributed by atoms with Crippen molar-refractivity contribution < 1.29 is 19.1 Å². The molecular weight excluding hydrogens is 234 g/mol.